The van der Waals surface area contributed by atoms with Gasteiger partial charge in [-0.1, -0.05) is 67.3 Å². The standard InChI is InChI=1S/C24H33NO2.C24H39NO2/c1-17(2)5-3-4-6-18-7-8-20-14-21(10-9-19(20)13-18)22-11-12-24(15-22)16-27-23(26)25-24;1-23(2,27-3)12-5-4-6-18-7-8-20-15-21(10-9-19(20)14-18)22-11-13-24(25,16-22)17-26/h5,9-10,14,18,22H,3-4,6-8,11-13,15-16H2,1-2H3,(H,25,26);9-10,15,18,22,26H,4-8,11-14,16-17,25H2,1-3H3/t2*18-,22-,24+/m00/s1. The molecule has 2 saturated carbocycles. The van der Waals surface area contributed by atoms with Crippen LogP contribution in [0.1, 0.15) is 169 Å². The lowest BCUT2D eigenvalue weighted by Gasteiger charge is -2.27. The minimum Gasteiger partial charge on any atom is -0.447 e. The summed E-state index contributed by atoms with van der Waals surface area (Å²) in [7, 11) is 1.81. The van der Waals surface area contributed by atoms with Crippen molar-refractivity contribution in [2.45, 2.75) is 178 Å². The summed E-state index contributed by atoms with van der Waals surface area (Å²) in [4.78, 5) is 11.5. The third kappa shape index (κ3) is 10.8. The highest BCUT2D eigenvalue weighted by Gasteiger charge is 2.46. The van der Waals surface area contributed by atoms with Gasteiger partial charge in [0.15, 0.2) is 0 Å². The van der Waals surface area contributed by atoms with Crippen molar-refractivity contribution in [1.29, 1.82) is 0 Å². The number of aliphatic hydroxyl groups excluding tert-OH is 1. The third-order valence-electron chi connectivity index (χ3n) is 14.0. The summed E-state index contributed by atoms with van der Waals surface area (Å²) in [6.07, 6.45) is 24.9. The fraction of sp³-hybridized carbons (Fsp3) is 0.688. The first-order valence-electron chi connectivity index (χ1n) is 21.6. The van der Waals surface area contributed by atoms with Crippen LogP contribution in [0, 0.1) is 11.8 Å². The molecule has 6 nitrogen and oxygen atoms in total. The summed E-state index contributed by atoms with van der Waals surface area (Å²) in [5, 5.41) is 12.6. The normalized spacial score (nSPS) is 28.8. The summed E-state index contributed by atoms with van der Waals surface area (Å²) in [5.74, 6) is 2.77. The number of aryl methyl sites for hydroxylation is 2. The van der Waals surface area contributed by atoms with Crippen LogP contribution in [0.5, 0.6) is 0 Å². The Morgan fingerprint density at radius 1 is 0.889 bits per heavy atom. The highest BCUT2D eigenvalue weighted by atomic mass is 16.6. The molecule has 1 amide bonds. The van der Waals surface area contributed by atoms with Crippen LogP contribution >= 0.6 is 0 Å². The average Bonchev–Trinajstić information content (AvgIpc) is 3.89. The molecule has 0 aromatic heterocycles. The number of aliphatic hydroxyl groups is 1. The van der Waals surface area contributed by atoms with Crippen molar-refractivity contribution in [3.05, 3.63) is 81.4 Å². The molecule has 7 rings (SSSR count). The van der Waals surface area contributed by atoms with Gasteiger partial charge in [0.1, 0.15) is 6.61 Å². The zero-order chi connectivity index (χ0) is 38.3. The predicted octanol–water partition coefficient (Wildman–Crippen LogP) is 10.4. The van der Waals surface area contributed by atoms with Crippen molar-refractivity contribution < 1.29 is 19.4 Å². The van der Waals surface area contributed by atoms with Gasteiger partial charge in [0, 0.05) is 12.6 Å². The Kier molecular flexibility index (Phi) is 13.7. The van der Waals surface area contributed by atoms with E-state index >= 15 is 0 Å². The number of carbonyl (C=O) groups excluding carboxylic acids is 1. The number of carbonyl (C=O) groups is 1. The van der Waals surface area contributed by atoms with Crippen LogP contribution in [0.3, 0.4) is 0 Å². The molecule has 54 heavy (non-hydrogen) atoms. The van der Waals surface area contributed by atoms with Gasteiger partial charge in [0.2, 0.25) is 0 Å². The molecule has 3 fully saturated rings. The lowest BCUT2D eigenvalue weighted by Crippen LogP contribution is -2.40. The maximum absolute atomic E-state index is 11.5. The lowest BCUT2D eigenvalue weighted by molar-refractivity contribution is 0.0131. The van der Waals surface area contributed by atoms with Gasteiger partial charge >= 0.3 is 6.09 Å². The lowest BCUT2D eigenvalue weighted by atomic mass is 9.79. The number of hydrogen-bond donors (Lipinski definition) is 3. The maximum Gasteiger partial charge on any atom is 0.407 e. The minimum atomic E-state index is -0.358. The van der Waals surface area contributed by atoms with E-state index in [2.05, 4.69) is 75.5 Å². The molecule has 2 aromatic rings. The number of cyclic esters (lactones) is 1. The first-order valence-corrected chi connectivity index (χ1v) is 21.6. The van der Waals surface area contributed by atoms with Gasteiger partial charge in [-0.2, -0.15) is 0 Å². The van der Waals surface area contributed by atoms with Crippen LogP contribution < -0.4 is 11.1 Å². The zero-order valence-electron chi connectivity index (χ0n) is 34.4. The number of methoxy groups -OCH3 is 1. The van der Waals surface area contributed by atoms with E-state index in [4.69, 9.17) is 15.2 Å². The molecule has 0 bridgehead atoms. The Hall–Kier alpha value is -2.67. The number of benzene rings is 2. The number of nitrogens with one attached hydrogen (secondary N) is 1. The summed E-state index contributed by atoms with van der Waals surface area (Å²) >= 11 is 0. The highest BCUT2D eigenvalue weighted by Crippen LogP contribution is 2.44. The first-order chi connectivity index (χ1) is 25.9. The van der Waals surface area contributed by atoms with Crippen LogP contribution in [0.2, 0.25) is 0 Å². The van der Waals surface area contributed by atoms with E-state index < -0.39 is 0 Å². The van der Waals surface area contributed by atoms with Crippen LogP contribution in [0.15, 0.2) is 48.0 Å². The van der Waals surface area contributed by atoms with E-state index in [0.29, 0.717) is 18.4 Å². The van der Waals surface area contributed by atoms with Crippen molar-refractivity contribution in [2.75, 3.05) is 20.3 Å². The Labute approximate surface area is 327 Å². The van der Waals surface area contributed by atoms with E-state index in [9.17, 15) is 9.90 Å². The molecule has 0 radical (unpaired) electrons. The monoisotopic (exact) mass is 741 g/mol. The van der Waals surface area contributed by atoms with Gasteiger partial charge in [-0.15, -0.1) is 0 Å². The van der Waals surface area contributed by atoms with Gasteiger partial charge in [0.05, 0.1) is 17.7 Å². The van der Waals surface area contributed by atoms with Gasteiger partial charge in [-0.3, -0.25) is 0 Å². The van der Waals surface area contributed by atoms with Crippen molar-refractivity contribution in [1.82, 2.24) is 5.32 Å². The van der Waals surface area contributed by atoms with E-state index in [-0.39, 0.29) is 29.4 Å². The zero-order valence-corrected chi connectivity index (χ0v) is 34.4. The highest BCUT2D eigenvalue weighted by molar-refractivity contribution is 5.71. The van der Waals surface area contributed by atoms with Gasteiger partial charge < -0.3 is 25.6 Å². The number of allylic oxidation sites excluding steroid dienone is 2. The molecular weight excluding hydrogens is 669 g/mol. The predicted molar refractivity (Wildman–Crippen MR) is 221 cm³/mol. The molecule has 1 spiro atoms. The van der Waals surface area contributed by atoms with Gasteiger partial charge in [0.25, 0.3) is 0 Å². The van der Waals surface area contributed by atoms with Crippen molar-refractivity contribution >= 4 is 6.09 Å². The number of ether oxygens (including phenoxy) is 2. The van der Waals surface area contributed by atoms with E-state index in [1.807, 2.05) is 7.11 Å². The number of fused-ring (bicyclic) bond motifs is 2. The molecule has 5 aliphatic rings. The first kappa shape index (κ1) is 41.0. The van der Waals surface area contributed by atoms with E-state index in [1.165, 1.54) is 93.7 Å². The third-order valence-corrected chi connectivity index (χ3v) is 14.0. The fourth-order valence-corrected chi connectivity index (χ4v) is 10.3. The average molecular weight is 741 g/mol. The summed E-state index contributed by atoms with van der Waals surface area (Å²) in [6.45, 7) is 9.39. The number of rotatable bonds is 13. The molecule has 298 valence electrons. The maximum atomic E-state index is 11.5. The molecule has 1 heterocycles. The molecule has 6 heteroatoms. The summed E-state index contributed by atoms with van der Waals surface area (Å²) in [5.41, 5.74) is 16.4. The Bertz CT molecular complexity index is 1590. The van der Waals surface area contributed by atoms with Crippen molar-refractivity contribution in [3.63, 3.8) is 0 Å². The molecule has 4 aliphatic carbocycles. The second-order valence-electron chi connectivity index (χ2n) is 19.1. The Balaban J connectivity index is 0.000000184. The smallest absolute Gasteiger partial charge is 0.407 e. The van der Waals surface area contributed by atoms with E-state index in [0.717, 1.165) is 56.8 Å². The van der Waals surface area contributed by atoms with Crippen molar-refractivity contribution in [2.24, 2.45) is 17.6 Å². The molecule has 2 aromatic carbocycles. The Morgan fingerprint density at radius 3 is 2.06 bits per heavy atom. The SMILES string of the molecule is CC(C)=CCCC[C@H]1CCc2cc([C@H]3CC[C@]4(COC(=O)N4)C3)ccc2C1.COC(C)(C)CCCC[C@H]1CCc2cc([C@H]3CC[C@](N)(CO)C3)ccc2C1. The molecule has 4 N–H and O–H groups in total. The number of unbranched alkanes of at least 4 members (excludes halogenated alkanes) is 2. The topological polar surface area (TPSA) is 93.8 Å². The molecular formula is C48H72N2O4. The number of hydrogen-bond acceptors (Lipinski definition) is 5. The summed E-state index contributed by atoms with van der Waals surface area (Å²) in [6, 6.07) is 14.4. The molecule has 1 saturated heterocycles. The van der Waals surface area contributed by atoms with Crippen LogP contribution in [-0.4, -0.2) is 48.2 Å². The second kappa shape index (κ2) is 18.1. The van der Waals surface area contributed by atoms with Crippen LogP contribution in [0.4, 0.5) is 4.79 Å². The number of alkyl carbamates (subject to hydrolysis) is 1. The number of nitrogens with two attached hydrogens (primary N) is 1. The quantitative estimate of drug-likeness (QED) is 0.140. The number of amides is 1. The summed E-state index contributed by atoms with van der Waals surface area (Å²) < 4.78 is 10.7. The van der Waals surface area contributed by atoms with Crippen LogP contribution in [-0.2, 0) is 35.2 Å². The Morgan fingerprint density at radius 2 is 1.50 bits per heavy atom. The largest absolute Gasteiger partial charge is 0.447 e. The minimum absolute atomic E-state index is 0.0208. The van der Waals surface area contributed by atoms with Gasteiger partial charge in [-0.25, -0.2) is 4.79 Å². The second-order valence-corrected chi connectivity index (χ2v) is 19.1. The molecule has 6 atom stereocenters. The molecule has 0 unspecified atom stereocenters. The molecule has 1 aliphatic heterocycles. The fourth-order valence-electron chi connectivity index (χ4n) is 10.3. The van der Waals surface area contributed by atoms with Crippen LogP contribution in [0.25, 0.3) is 0 Å². The van der Waals surface area contributed by atoms with Gasteiger partial charge in [-0.05, 0) is 187 Å². The van der Waals surface area contributed by atoms with E-state index in [1.54, 1.807) is 22.3 Å². The van der Waals surface area contributed by atoms with Crippen molar-refractivity contribution in [3.8, 4) is 0 Å².